The van der Waals surface area contributed by atoms with Gasteiger partial charge in [-0.05, 0) is 57.0 Å². The van der Waals surface area contributed by atoms with Gasteiger partial charge in [-0.15, -0.1) is 0 Å². The quantitative estimate of drug-likeness (QED) is 0.566. The number of benzene rings is 2. The fourth-order valence-corrected chi connectivity index (χ4v) is 4.14. The van der Waals surface area contributed by atoms with Gasteiger partial charge in [0, 0.05) is 18.8 Å². The van der Waals surface area contributed by atoms with Crippen LogP contribution in [-0.4, -0.2) is 54.6 Å². The molecule has 1 heterocycles. The van der Waals surface area contributed by atoms with Crippen LogP contribution in [0.15, 0.2) is 36.4 Å². The SMILES string of the molecule is Cc1cccc(C)c1O[C@@H](CC(F)(F)F)C(=O)Nc1ccc(N2CC(C)O[C@@H](C)C2)cc1C(=O)O. The lowest BCUT2D eigenvalue weighted by molar-refractivity contribution is -0.158. The molecule has 0 radical (unpaired) electrons. The van der Waals surface area contributed by atoms with Gasteiger partial charge in [-0.25, -0.2) is 4.79 Å². The number of halogens is 3. The molecule has 0 aromatic heterocycles. The zero-order valence-electron chi connectivity index (χ0n) is 20.0. The number of aryl methyl sites for hydroxylation is 2. The highest BCUT2D eigenvalue weighted by Gasteiger charge is 2.38. The van der Waals surface area contributed by atoms with Gasteiger partial charge < -0.3 is 24.8 Å². The normalized spacial score (nSPS) is 19.2. The number of nitrogens with one attached hydrogen (secondary N) is 1. The van der Waals surface area contributed by atoms with Gasteiger partial charge in [0.05, 0.1) is 29.9 Å². The number of carboxylic acid groups (broad SMARTS) is 1. The van der Waals surface area contributed by atoms with Gasteiger partial charge in [-0.1, -0.05) is 18.2 Å². The maximum atomic E-state index is 13.3. The number of rotatable bonds is 7. The van der Waals surface area contributed by atoms with Crippen LogP contribution in [0.4, 0.5) is 24.5 Å². The van der Waals surface area contributed by atoms with Crippen molar-refractivity contribution in [3.05, 3.63) is 53.1 Å². The van der Waals surface area contributed by atoms with Gasteiger partial charge >= 0.3 is 12.1 Å². The molecule has 190 valence electrons. The van der Waals surface area contributed by atoms with Gasteiger partial charge in [-0.2, -0.15) is 13.2 Å². The third-order valence-electron chi connectivity index (χ3n) is 5.65. The molecule has 1 saturated heterocycles. The molecule has 0 bridgehead atoms. The largest absolute Gasteiger partial charge is 0.480 e. The second kappa shape index (κ2) is 10.6. The molecule has 1 unspecified atom stereocenters. The number of alkyl halides is 3. The zero-order chi connectivity index (χ0) is 25.9. The number of nitrogens with zero attached hydrogens (tertiary/aromatic N) is 1. The van der Waals surface area contributed by atoms with Crippen LogP contribution in [0, 0.1) is 13.8 Å². The molecule has 35 heavy (non-hydrogen) atoms. The molecule has 10 heteroatoms. The average Bonchev–Trinajstić information content (AvgIpc) is 2.74. The Labute approximate surface area is 201 Å². The third kappa shape index (κ3) is 6.88. The van der Waals surface area contributed by atoms with E-state index < -0.39 is 30.6 Å². The smallest absolute Gasteiger partial charge is 0.393 e. The van der Waals surface area contributed by atoms with Crippen molar-refractivity contribution in [2.24, 2.45) is 0 Å². The predicted molar refractivity (Wildman–Crippen MR) is 125 cm³/mol. The van der Waals surface area contributed by atoms with E-state index in [2.05, 4.69) is 5.32 Å². The minimum absolute atomic E-state index is 0.0587. The summed E-state index contributed by atoms with van der Waals surface area (Å²) in [5, 5.41) is 12.1. The summed E-state index contributed by atoms with van der Waals surface area (Å²) in [5.74, 6) is -2.23. The number of ether oxygens (including phenoxy) is 2. The highest BCUT2D eigenvalue weighted by molar-refractivity contribution is 6.02. The summed E-state index contributed by atoms with van der Waals surface area (Å²) in [6, 6.07) is 9.46. The molecule has 2 aromatic rings. The maximum absolute atomic E-state index is 13.3. The number of carbonyl (C=O) groups is 2. The monoisotopic (exact) mass is 494 g/mol. The minimum atomic E-state index is -4.68. The van der Waals surface area contributed by atoms with Gasteiger partial charge in [0.25, 0.3) is 5.91 Å². The molecule has 0 spiro atoms. The van der Waals surface area contributed by atoms with E-state index in [9.17, 15) is 27.9 Å². The van der Waals surface area contributed by atoms with Crippen molar-refractivity contribution in [1.82, 2.24) is 0 Å². The molecule has 7 nitrogen and oxygen atoms in total. The third-order valence-corrected chi connectivity index (χ3v) is 5.65. The summed E-state index contributed by atoms with van der Waals surface area (Å²) >= 11 is 0. The second-order valence-corrected chi connectivity index (χ2v) is 8.83. The van der Waals surface area contributed by atoms with Crippen molar-refractivity contribution in [3.63, 3.8) is 0 Å². The van der Waals surface area contributed by atoms with Crippen LogP contribution < -0.4 is 15.0 Å². The molecule has 3 rings (SSSR count). The van der Waals surface area contributed by atoms with E-state index in [0.717, 1.165) is 0 Å². The van der Waals surface area contributed by atoms with E-state index in [1.807, 2.05) is 18.7 Å². The number of carboxylic acids is 1. The number of amides is 1. The Balaban J connectivity index is 1.87. The minimum Gasteiger partial charge on any atom is -0.480 e. The Bertz CT molecular complexity index is 1060. The second-order valence-electron chi connectivity index (χ2n) is 8.83. The van der Waals surface area contributed by atoms with Gasteiger partial charge in [0.15, 0.2) is 6.10 Å². The fraction of sp³-hybridized carbons (Fsp3) is 0.440. The van der Waals surface area contributed by atoms with Crippen LogP contribution in [0.1, 0.15) is 41.8 Å². The number of para-hydroxylation sites is 1. The Kier molecular flexibility index (Phi) is 7.94. The van der Waals surface area contributed by atoms with E-state index in [-0.39, 0.29) is 29.2 Å². The van der Waals surface area contributed by atoms with Crippen molar-refractivity contribution < 1.29 is 37.3 Å². The van der Waals surface area contributed by atoms with Gasteiger partial charge in [0.2, 0.25) is 0 Å². The number of anilines is 2. The first-order chi connectivity index (χ1) is 16.3. The molecule has 0 saturated carbocycles. The first-order valence-electron chi connectivity index (χ1n) is 11.2. The van der Waals surface area contributed by atoms with Crippen LogP contribution in [0.25, 0.3) is 0 Å². The average molecular weight is 495 g/mol. The molecular formula is C25H29F3N2O5. The number of hydrogen-bond acceptors (Lipinski definition) is 5. The zero-order valence-corrected chi connectivity index (χ0v) is 20.0. The standard InChI is InChI=1S/C25H29F3N2O5/c1-14-6-5-7-15(2)22(14)35-21(11-25(26,27)28)23(31)29-20-9-8-18(10-19(20)24(32)33)30-12-16(3)34-17(4)13-30/h5-10,16-17,21H,11-13H2,1-4H3,(H,29,31)(H,32,33)/t16-,17?,21-/m0/s1. The molecular weight excluding hydrogens is 465 g/mol. The van der Waals surface area contributed by atoms with Crippen molar-refractivity contribution in [3.8, 4) is 5.75 Å². The summed E-state index contributed by atoms with van der Waals surface area (Å²) < 4.78 is 51.0. The van der Waals surface area contributed by atoms with Crippen molar-refractivity contribution in [1.29, 1.82) is 0 Å². The van der Waals surface area contributed by atoms with E-state index in [4.69, 9.17) is 9.47 Å². The van der Waals surface area contributed by atoms with E-state index in [1.165, 1.54) is 12.1 Å². The molecule has 3 atom stereocenters. The molecule has 2 N–H and O–H groups in total. The topological polar surface area (TPSA) is 88.1 Å². The lowest BCUT2D eigenvalue weighted by Crippen LogP contribution is -2.45. The summed E-state index contributed by atoms with van der Waals surface area (Å²) in [6.07, 6.45) is -8.23. The van der Waals surface area contributed by atoms with Gasteiger partial charge in [-0.3, -0.25) is 4.79 Å². The maximum Gasteiger partial charge on any atom is 0.393 e. The number of morpholine rings is 1. The lowest BCUT2D eigenvalue weighted by Gasteiger charge is -2.37. The van der Waals surface area contributed by atoms with E-state index >= 15 is 0 Å². The summed E-state index contributed by atoms with van der Waals surface area (Å²) in [4.78, 5) is 26.8. The molecule has 1 aliphatic rings. The van der Waals surface area contributed by atoms with Crippen LogP contribution in [-0.2, 0) is 9.53 Å². The molecule has 2 aromatic carbocycles. The fourth-order valence-electron chi connectivity index (χ4n) is 4.14. The summed E-state index contributed by atoms with van der Waals surface area (Å²) in [7, 11) is 0. The van der Waals surface area contributed by atoms with Crippen molar-refractivity contribution in [2.75, 3.05) is 23.3 Å². The van der Waals surface area contributed by atoms with E-state index in [0.29, 0.717) is 29.9 Å². The van der Waals surface area contributed by atoms with Gasteiger partial charge in [0.1, 0.15) is 5.75 Å². The van der Waals surface area contributed by atoms with Crippen molar-refractivity contribution in [2.45, 2.75) is 58.6 Å². The Morgan fingerprint density at radius 2 is 1.74 bits per heavy atom. The highest BCUT2D eigenvalue weighted by atomic mass is 19.4. The Morgan fingerprint density at radius 1 is 1.14 bits per heavy atom. The van der Waals surface area contributed by atoms with Crippen LogP contribution in [0.2, 0.25) is 0 Å². The first-order valence-corrected chi connectivity index (χ1v) is 11.2. The Morgan fingerprint density at radius 3 is 2.29 bits per heavy atom. The molecule has 1 amide bonds. The van der Waals surface area contributed by atoms with Crippen molar-refractivity contribution >= 4 is 23.3 Å². The summed E-state index contributed by atoms with van der Waals surface area (Å²) in [6.45, 7) is 8.25. The predicted octanol–water partition coefficient (Wildman–Crippen LogP) is 4.95. The van der Waals surface area contributed by atoms with Crippen LogP contribution in [0.5, 0.6) is 5.75 Å². The first kappa shape index (κ1) is 26.3. The lowest BCUT2D eigenvalue weighted by atomic mass is 10.1. The molecule has 0 aliphatic carbocycles. The number of carbonyl (C=O) groups excluding carboxylic acids is 1. The molecule has 1 aliphatic heterocycles. The molecule has 1 fully saturated rings. The van der Waals surface area contributed by atoms with E-state index in [1.54, 1.807) is 38.1 Å². The Hall–Kier alpha value is -3.27. The summed E-state index contributed by atoms with van der Waals surface area (Å²) in [5.41, 5.74) is 1.42. The number of hydrogen-bond donors (Lipinski definition) is 2. The van der Waals surface area contributed by atoms with Crippen LogP contribution in [0.3, 0.4) is 0 Å². The number of aromatic carboxylic acids is 1. The van der Waals surface area contributed by atoms with Crippen LogP contribution >= 0.6 is 0 Å². The highest BCUT2D eigenvalue weighted by Crippen LogP contribution is 2.30.